The number of ether oxygens (including phenoxy) is 4. The molecule has 11 nitrogen and oxygen atoms in total. The summed E-state index contributed by atoms with van der Waals surface area (Å²) in [6, 6.07) is 6.60. The predicted molar refractivity (Wildman–Crippen MR) is 133 cm³/mol. The third-order valence-electron chi connectivity index (χ3n) is 5.92. The van der Waals surface area contributed by atoms with E-state index in [1.165, 1.54) is 37.0 Å². The molecule has 1 atom stereocenters. The van der Waals surface area contributed by atoms with Crippen LogP contribution in [0.1, 0.15) is 24.1 Å². The van der Waals surface area contributed by atoms with Crippen LogP contribution in [0.3, 0.4) is 0 Å². The highest BCUT2D eigenvalue weighted by atomic mass is 35.5. The van der Waals surface area contributed by atoms with E-state index in [1.807, 2.05) is 0 Å². The molecule has 0 spiro atoms. The van der Waals surface area contributed by atoms with Crippen LogP contribution in [-0.4, -0.2) is 36.5 Å². The zero-order valence-electron chi connectivity index (χ0n) is 19.6. The van der Waals surface area contributed by atoms with Gasteiger partial charge < -0.3 is 18.9 Å². The van der Waals surface area contributed by atoms with Crippen LogP contribution in [0.25, 0.3) is 6.08 Å². The van der Waals surface area contributed by atoms with Gasteiger partial charge in [0.15, 0.2) is 16.3 Å². The zero-order chi connectivity index (χ0) is 26.4. The second kappa shape index (κ2) is 9.37. The molecule has 0 amide bonds. The molecule has 190 valence electrons. The molecule has 2 aromatic carbocycles. The van der Waals surface area contributed by atoms with Crippen molar-refractivity contribution in [1.82, 2.24) is 4.57 Å². The number of aromatic nitrogens is 1. The van der Waals surface area contributed by atoms with Crippen molar-refractivity contribution >= 4 is 40.7 Å². The normalized spacial score (nSPS) is 16.3. The third-order valence-corrected chi connectivity index (χ3v) is 7.14. The standard InChI is InChI=1S/C24H18ClN3O8S/c1-11-20(23(30)34-3)21(14-8-13(25)4-5-16(14)33-2)27-22(29)19(37-24(27)26-11)7-12-6-17-18(36-10-35-17)9-15(12)28(31)32/h4-9,21H,10H2,1-3H3/b19-7-/t21-/m1/s1. The summed E-state index contributed by atoms with van der Waals surface area (Å²) in [5, 5.41) is 12.1. The van der Waals surface area contributed by atoms with Gasteiger partial charge in [0.2, 0.25) is 6.79 Å². The number of allylic oxidation sites excluding steroid dienone is 1. The zero-order valence-corrected chi connectivity index (χ0v) is 21.2. The van der Waals surface area contributed by atoms with Crippen LogP contribution in [0, 0.1) is 10.1 Å². The highest BCUT2D eigenvalue weighted by Crippen LogP contribution is 2.39. The molecule has 0 saturated carbocycles. The summed E-state index contributed by atoms with van der Waals surface area (Å²) in [6.07, 6.45) is 1.40. The van der Waals surface area contributed by atoms with Crippen molar-refractivity contribution in [2.45, 2.75) is 13.0 Å². The number of thiazole rings is 1. The van der Waals surface area contributed by atoms with Crippen molar-refractivity contribution in [3.8, 4) is 17.2 Å². The average molecular weight is 544 g/mol. The van der Waals surface area contributed by atoms with Crippen molar-refractivity contribution in [2.24, 2.45) is 4.99 Å². The van der Waals surface area contributed by atoms with Gasteiger partial charge in [-0.2, -0.15) is 0 Å². The van der Waals surface area contributed by atoms with Gasteiger partial charge in [0.25, 0.3) is 11.2 Å². The Bertz CT molecular complexity index is 1690. The Morgan fingerprint density at radius 2 is 2.00 bits per heavy atom. The van der Waals surface area contributed by atoms with E-state index >= 15 is 0 Å². The molecular weight excluding hydrogens is 526 g/mol. The van der Waals surface area contributed by atoms with Crippen molar-refractivity contribution in [1.29, 1.82) is 0 Å². The molecule has 3 heterocycles. The molecule has 37 heavy (non-hydrogen) atoms. The molecule has 0 saturated heterocycles. The molecular formula is C24H18ClN3O8S. The minimum absolute atomic E-state index is 0.0603. The van der Waals surface area contributed by atoms with Gasteiger partial charge in [0.05, 0.1) is 46.6 Å². The number of nitrogens with zero attached hydrogens (tertiary/aromatic N) is 3. The summed E-state index contributed by atoms with van der Waals surface area (Å²) in [5.74, 6) is 0.298. The smallest absolute Gasteiger partial charge is 0.338 e. The quantitative estimate of drug-likeness (QED) is 0.273. The minimum Gasteiger partial charge on any atom is -0.496 e. The molecule has 3 aromatic rings. The van der Waals surface area contributed by atoms with Crippen LogP contribution >= 0.6 is 22.9 Å². The maximum Gasteiger partial charge on any atom is 0.338 e. The van der Waals surface area contributed by atoms with Crippen molar-refractivity contribution in [3.05, 3.63) is 87.6 Å². The molecule has 0 aliphatic carbocycles. The number of carbonyl (C=O) groups is 1. The first kappa shape index (κ1) is 24.5. The molecule has 0 radical (unpaired) electrons. The van der Waals surface area contributed by atoms with Crippen LogP contribution in [0.2, 0.25) is 5.02 Å². The summed E-state index contributed by atoms with van der Waals surface area (Å²) >= 11 is 7.30. The molecule has 2 aliphatic heterocycles. The molecule has 0 N–H and O–H groups in total. The SMILES string of the molecule is COC(=O)C1=C(C)N=c2s/c(=C\c3cc4c(cc3[N+](=O)[O-])OCO4)c(=O)n2[C@@H]1c1cc(Cl)ccc1OC. The predicted octanol–water partition coefficient (Wildman–Crippen LogP) is 2.71. The number of nitro groups is 1. The van der Waals surface area contributed by atoms with Gasteiger partial charge in [-0.15, -0.1) is 0 Å². The summed E-state index contributed by atoms with van der Waals surface area (Å²) in [6.45, 7) is 1.57. The fourth-order valence-electron chi connectivity index (χ4n) is 4.27. The molecule has 0 fully saturated rings. The third kappa shape index (κ3) is 4.13. The first-order chi connectivity index (χ1) is 17.7. The van der Waals surface area contributed by atoms with Gasteiger partial charge in [-0.05, 0) is 37.3 Å². The number of hydrogen-bond acceptors (Lipinski definition) is 10. The lowest BCUT2D eigenvalue weighted by Crippen LogP contribution is -2.40. The van der Waals surface area contributed by atoms with Gasteiger partial charge >= 0.3 is 5.97 Å². The number of esters is 1. The number of carbonyl (C=O) groups excluding carboxylic acids is 1. The summed E-state index contributed by atoms with van der Waals surface area (Å²) in [4.78, 5) is 42.6. The van der Waals surface area contributed by atoms with E-state index in [0.717, 1.165) is 11.3 Å². The fraction of sp³-hybridized carbons (Fsp3) is 0.208. The van der Waals surface area contributed by atoms with Crippen LogP contribution in [0.5, 0.6) is 17.2 Å². The molecule has 13 heteroatoms. The number of nitro benzene ring substituents is 1. The van der Waals surface area contributed by atoms with Crippen LogP contribution < -0.4 is 29.1 Å². The van der Waals surface area contributed by atoms with E-state index in [2.05, 4.69) is 4.99 Å². The number of rotatable bonds is 5. The van der Waals surface area contributed by atoms with Crippen molar-refractivity contribution < 1.29 is 28.7 Å². The van der Waals surface area contributed by atoms with Crippen molar-refractivity contribution in [3.63, 3.8) is 0 Å². The lowest BCUT2D eigenvalue weighted by molar-refractivity contribution is -0.385. The topological polar surface area (TPSA) is 131 Å². The fourth-order valence-corrected chi connectivity index (χ4v) is 5.49. The summed E-state index contributed by atoms with van der Waals surface area (Å²) < 4.78 is 22.6. The van der Waals surface area contributed by atoms with Crippen LogP contribution in [0.4, 0.5) is 5.69 Å². The first-order valence-electron chi connectivity index (χ1n) is 10.8. The second-order valence-corrected chi connectivity index (χ2v) is 9.43. The monoisotopic (exact) mass is 543 g/mol. The molecule has 5 rings (SSSR count). The number of benzene rings is 2. The largest absolute Gasteiger partial charge is 0.496 e. The van der Waals surface area contributed by atoms with Crippen molar-refractivity contribution in [2.75, 3.05) is 21.0 Å². The Morgan fingerprint density at radius 3 is 2.68 bits per heavy atom. The van der Waals surface area contributed by atoms with Crippen LogP contribution in [0.15, 0.2) is 51.4 Å². The highest BCUT2D eigenvalue weighted by Gasteiger charge is 2.35. The average Bonchev–Trinajstić information content (AvgIpc) is 3.45. The number of hydrogen-bond donors (Lipinski definition) is 0. The number of fused-ring (bicyclic) bond motifs is 2. The Balaban J connectivity index is 1.79. The Labute approximate surface area is 217 Å². The highest BCUT2D eigenvalue weighted by molar-refractivity contribution is 7.07. The maximum atomic E-state index is 13.8. The Hall–Kier alpha value is -4.16. The molecule has 0 unspecified atom stereocenters. The Morgan fingerprint density at radius 1 is 1.27 bits per heavy atom. The number of halogens is 1. The number of methoxy groups -OCH3 is 2. The van der Waals surface area contributed by atoms with E-state index in [0.29, 0.717) is 27.8 Å². The van der Waals surface area contributed by atoms with E-state index < -0.39 is 22.5 Å². The maximum absolute atomic E-state index is 13.8. The van der Waals surface area contributed by atoms with E-state index in [9.17, 15) is 19.7 Å². The van der Waals surface area contributed by atoms with Gasteiger partial charge in [-0.3, -0.25) is 19.5 Å². The van der Waals surface area contributed by atoms with E-state index in [1.54, 1.807) is 25.1 Å². The molecule has 0 bridgehead atoms. The lowest BCUT2D eigenvalue weighted by Gasteiger charge is -2.25. The van der Waals surface area contributed by atoms with E-state index in [4.69, 9.17) is 30.5 Å². The van der Waals surface area contributed by atoms with Gasteiger partial charge in [0.1, 0.15) is 11.8 Å². The minimum atomic E-state index is -0.966. The molecule has 1 aromatic heterocycles. The lowest BCUT2D eigenvalue weighted by atomic mass is 9.95. The summed E-state index contributed by atoms with van der Waals surface area (Å²) in [5.41, 5.74) is 0.315. The first-order valence-corrected chi connectivity index (χ1v) is 11.9. The summed E-state index contributed by atoms with van der Waals surface area (Å²) in [7, 11) is 2.70. The molecule has 2 aliphatic rings. The van der Waals surface area contributed by atoms with Gasteiger partial charge in [0, 0.05) is 10.6 Å². The second-order valence-electron chi connectivity index (χ2n) is 7.98. The van der Waals surface area contributed by atoms with Gasteiger partial charge in [-0.1, -0.05) is 22.9 Å². The van der Waals surface area contributed by atoms with Crippen LogP contribution in [-0.2, 0) is 9.53 Å². The van der Waals surface area contributed by atoms with Gasteiger partial charge in [-0.25, -0.2) is 9.79 Å². The van der Waals surface area contributed by atoms with E-state index in [-0.39, 0.29) is 38.7 Å². The Kier molecular flexibility index (Phi) is 6.21.